The number of anilines is 4. The highest BCUT2D eigenvalue weighted by Crippen LogP contribution is 2.33. The van der Waals surface area contributed by atoms with E-state index in [1.807, 2.05) is 18.7 Å². The maximum absolute atomic E-state index is 13.5. The van der Waals surface area contributed by atoms with Crippen molar-refractivity contribution >= 4 is 51.1 Å². The number of hydrogen-bond donors (Lipinski definition) is 2. The number of aliphatic carboxylic acids is 1. The van der Waals surface area contributed by atoms with Crippen LogP contribution < -0.4 is 19.4 Å². The first-order valence-electron chi connectivity index (χ1n) is 16.0. The lowest BCUT2D eigenvalue weighted by molar-refractivity contribution is -0.137. The molecular formula is C36H38FN7O6S. The summed E-state index contributed by atoms with van der Waals surface area (Å²) < 4.78 is 41.3. The number of carbonyl (C=O) groups excluding carboxylic acids is 2. The van der Waals surface area contributed by atoms with Crippen molar-refractivity contribution in [1.82, 2.24) is 14.9 Å². The van der Waals surface area contributed by atoms with Crippen molar-refractivity contribution in [2.24, 2.45) is 0 Å². The Hall–Kier alpha value is -5.93. The molecule has 3 heterocycles. The van der Waals surface area contributed by atoms with Gasteiger partial charge in [-0.2, -0.15) is 4.98 Å². The molecule has 2 aliphatic rings. The molecule has 2 fully saturated rings. The number of nitrogens with zero attached hydrogens (tertiary/aromatic N) is 6. The Morgan fingerprint density at radius 1 is 1.08 bits per heavy atom. The molecule has 0 spiro atoms. The van der Waals surface area contributed by atoms with Gasteiger partial charge in [0, 0.05) is 33.1 Å². The average molecular weight is 716 g/mol. The van der Waals surface area contributed by atoms with E-state index in [4.69, 9.17) is 0 Å². The van der Waals surface area contributed by atoms with Crippen molar-refractivity contribution < 1.29 is 32.3 Å². The fraction of sp³-hybridized carbons (Fsp3) is 0.306. The highest BCUT2D eigenvalue weighted by atomic mass is 32.2. The molecule has 0 bridgehead atoms. The number of sulfonamides is 1. The van der Waals surface area contributed by atoms with Crippen LogP contribution in [0.25, 0.3) is 0 Å². The molecule has 0 saturated carbocycles. The maximum atomic E-state index is 13.5. The number of hydrogen-bond acceptors (Lipinski definition) is 9. The second kappa shape index (κ2) is 16.7. The molecule has 2 atom stereocenters. The Labute approximate surface area is 296 Å². The molecule has 266 valence electrons. The molecule has 2 N–H and O–H groups in total. The predicted octanol–water partition coefficient (Wildman–Crippen LogP) is 4.75. The third kappa shape index (κ3) is 8.45. The third-order valence-electron chi connectivity index (χ3n) is 8.29. The standard InChI is InChI=1S/C30H34FN7O6S.C6H4/c1-4-36(5-2)29-32-18-25(35(3)45(43,44)22-14-10-20(31)11-15-22)26(34-29)33-23(28(40)41)17-19-8-12-21(13-9-19)38-27(39)24-7-6-16-37(24)30(38)42;1-3-5-6-4-2/h8-15,18,23-24H,4-7,16-17H2,1-3H3,(H,40,41)(H,32,33,34);1-2H2/t23-,24+;/m0./s1. The first kappa shape index (κ1) is 37.9. The van der Waals surface area contributed by atoms with Gasteiger partial charge in [0.2, 0.25) is 5.95 Å². The minimum atomic E-state index is -4.20. The first-order chi connectivity index (χ1) is 24.4. The molecule has 2 aliphatic heterocycles. The fourth-order valence-corrected chi connectivity index (χ4v) is 6.78. The van der Waals surface area contributed by atoms with Crippen molar-refractivity contribution in [3.8, 4) is 0 Å². The molecule has 3 aromatic rings. The Kier molecular flexibility index (Phi) is 12.4. The SMILES string of the molecule is C=C=C=C=C=C.CCN(CC)c1ncc(N(C)S(=O)(=O)c2ccc(F)cc2)c(N[C@@H](Cc2ccc(N3C(=O)[C@H]4CCCN4C3=O)cc2)C(=O)O)n1. The smallest absolute Gasteiger partial charge is 0.332 e. The van der Waals surface area contributed by atoms with Crippen molar-refractivity contribution in [3.63, 3.8) is 0 Å². The molecule has 15 heteroatoms. The largest absolute Gasteiger partial charge is 0.480 e. The maximum Gasteiger partial charge on any atom is 0.332 e. The van der Waals surface area contributed by atoms with Crippen LogP contribution in [0.3, 0.4) is 0 Å². The van der Waals surface area contributed by atoms with Crippen LogP contribution in [-0.2, 0) is 26.0 Å². The average Bonchev–Trinajstić information content (AvgIpc) is 3.70. The van der Waals surface area contributed by atoms with Gasteiger partial charge in [0.15, 0.2) is 5.82 Å². The van der Waals surface area contributed by atoms with Crippen LogP contribution in [0.1, 0.15) is 32.3 Å². The molecule has 0 radical (unpaired) electrons. The molecule has 1 aromatic heterocycles. The van der Waals surface area contributed by atoms with Crippen molar-refractivity contribution in [2.75, 3.05) is 46.1 Å². The number of aromatic nitrogens is 2. The second-order valence-electron chi connectivity index (χ2n) is 11.3. The number of amides is 3. The van der Waals surface area contributed by atoms with Gasteiger partial charge >= 0.3 is 12.0 Å². The number of halogens is 1. The number of carboxylic acid groups (broad SMARTS) is 1. The van der Waals surface area contributed by atoms with Crippen molar-refractivity contribution in [2.45, 2.75) is 50.1 Å². The van der Waals surface area contributed by atoms with E-state index in [0.29, 0.717) is 37.3 Å². The van der Waals surface area contributed by atoms with Crippen LogP contribution in [0.5, 0.6) is 0 Å². The summed E-state index contributed by atoms with van der Waals surface area (Å²) in [5, 5.41) is 13.1. The number of benzene rings is 2. The van der Waals surface area contributed by atoms with E-state index < -0.39 is 33.9 Å². The van der Waals surface area contributed by atoms with Gasteiger partial charge in [-0.25, -0.2) is 32.3 Å². The Balaban J connectivity index is 0.000000894. The fourth-order valence-electron chi connectivity index (χ4n) is 5.59. The van der Waals surface area contributed by atoms with E-state index in [9.17, 15) is 32.3 Å². The van der Waals surface area contributed by atoms with Crippen LogP contribution in [0.15, 0.2) is 95.7 Å². The van der Waals surface area contributed by atoms with Crippen LogP contribution in [0.4, 0.5) is 32.3 Å². The zero-order valence-electron chi connectivity index (χ0n) is 28.5. The number of imide groups is 1. The Morgan fingerprint density at radius 3 is 2.25 bits per heavy atom. The number of carbonyl (C=O) groups is 3. The molecule has 0 aliphatic carbocycles. The summed E-state index contributed by atoms with van der Waals surface area (Å²) in [4.78, 5) is 51.3. The molecule has 13 nitrogen and oxygen atoms in total. The molecular weight excluding hydrogens is 678 g/mol. The number of fused-ring (bicyclic) bond motifs is 1. The summed E-state index contributed by atoms with van der Waals surface area (Å²) in [6.45, 7) is 11.9. The van der Waals surface area contributed by atoms with Crippen LogP contribution in [0.2, 0.25) is 0 Å². The van der Waals surface area contributed by atoms with Gasteiger partial charge < -0.3 is 20.2 Å². The lowest BCUT2D eigenvalue weighted by atomic mass is 10.0. The highest BCUT2D eigenvalue weighted by molar-refractivity contribution is 7.92. The number of rotatable bonds is 12. The molecule has 51 heavy (non-hydrogen) atoms. The number of carboxylic acids is 1. The van der Waals surface area contributed by atoms with E-state index in [1.54, 1.807) is 29.2 Å². The summed E-state index contributed by atoms with van der Waals surface area (Å²) in [6.07, 6.45) is 2.68. The monoisotopic (exact) mass is 715 g/mol. The molecule has 3 amide bonds. The minimum Gasteiger partial charge on any atom is -0.480 e. The van der Waals surface area contributed by atoms with Crippen LogP contribution in [0, 0.1) is 5.82 Å². The molecule has 2 saturated heterocycles. The van der Waals surface area contributed by atoms with Gasteiger partial charge in [-0.15, -0.1) is 0 Å². The van der Waals surface area contributed by atoms with Crippen LogP contribution >= 0.6 is 0 Å². The lowest BCUT2D eigenvalue weighted by Crippen LogP contribution is -2.35. The normalized spacial score (nSPS) is 15.3. The van der Waals surface area contributed by atoms with Crippen molar-refractivity contribution in [1.29, 1.82) is 0 Å². The molecule has 5 rings (SSSR count). The van der Waals surface area contributed by atoms with E-state index in [1.165, 1.54) is 13.2 Å². The number of urea groups is 1. The first-order valence-corrected chi connectivity index (χ1v) is 17.4. The summed E-state index contributed by atoms with van der Waals surface area (Å²) in [7, 11) is -2.92. The highest BCUT2D eigenvalue weighted by Gasteiger charge is 2.48. The third-order valence-corrected chi connectivity index (χ3v) is 10.1. The van der Waals surface area contributed by atoms with Gasteiger partial charge in [-0.3, -0.25) is 9.10 Å². The summed E-state index contributed by atoms with van der Waals surface area (Å²) in [5.41, 5.74) is 10.5. The molecule has 2 aromatic carbocycles. The van der Waals surface area contributed by atoms with Crippen molar-refractivity contribution in [3.05, 3.63) is 102 Å². The minimum absolute atomic E-state index is 0.0107. The second-order valence-corrected chi connectivity index (χ2v) is 13.3. The van der Waals surface area contributed by atoms with Gasteiger partial charge in [0.25, 0.3) is 15.9 Å². The number of nitrogens with one attached hydrogen (secondary N) is 1. The van der Waals surface area contributed by atoms with E-state index in [0.717, 1.165) is 39.9 Å². The summed E-state index contributed by atoms with van der Waals surface area (Å²) in [5.74, 6) is -1.84. The van der Waals surface area contributed by atoms with Gasteiger partial charge in [0.1, 0.15) is 23.6 Å². The van der Waals surface area contributed by atoms with E-state index in [-0.39, 0.29) is 40.7 Å². The zero-order valence-corrected chi connectivity index (χ0v) is 29.3. The quantitative estimate of drug-likeness (QED) is 0.198. The van der Waals surface area contributed by atoms with Gasteiger partial charge in [-0.05, 0) is 93.3 Å². The Morgan fingerprint density at radius 2 is 1.71 bits per heavy atom. The van der Waals surface area contributed by atoms with Crippen LogP contribution in [-0.4, -0.2) is 85.1 Å². The van der Waals surface area contributed by atoms with Gasteiger partial charge in [-0.1, -0.05) is 23.6 Å². The lowest BCUT2D eigenvalue weighted by Gasteiger charge is -2.26. The summed E-state index contributed by atoms with van der Waals surface area (Å²) in [6, 6.07) is 8.77. The molecule has 0 unspecified atom stereocenters. The van der Waals surface area contributed by atoms with E-state index >= 15 is 0 Å². The summed E-state index contributed by atoms with van der Waals surface area (Å²) >= 11 is 0. The Bertz CT molecular complexity index is 1990. The van der Waals surface area contributed by atoms with Gasteiger partial charge in [0.05, 0.1) is 16.8 Å². The topological polar surface area (TPSA) is 156 Å². The zero-order chi connectivity index (χ0) is 37.3. The predicted molar refractivity (Wildman–Crippen MR) is 191 cm³/mol. The van der Waals surface area contributed by atoms with E-state index in [2.05, 4.69) is 51.4 Å².